The Morgan fingerprint density at radius 2 is 1.50 bits per heavy atom. The number of hydrogen-bond donors (Lipinski definition) is 0. The molecule has 0 unspecified atom stereocenters. The van der Waals surface area contributed by atoms with Crippen LogP contribution in [-0.2, 0) is 9.47 Å². The monoisotopic (exact) mass is 172 g/mol. The Kier molecular flexibility index (Phi) is 3.53. The summed E-state index contributed by atoms with van der Waals surface area (Å²) in [4.78, 5) is 0. The minimum atomic E-state index is -0.0159. The van der Waals surface area contributed by atoms with Crippen molar-refractivity contribution in [1.82, 2.24) is 0 Å². The first kappa shape index (κ1) is 10.0. The standard InChI is InChI=1S/C10H20O2/c1-10(9(11-2)12-3)7-5-4-6-8-10/h9H,4-8H2,1-3H3. The van der Waals surface area contributed by atoms with E-state index in [0.29, 0.717) is 0 Å². The van der Waals surface area contributed by atoms with Crippen LogP contribution in [0.25, 0.3) is 0 Å². The highest BCUT2D eigenvalue weighted by Crippen LogP contribution is 2.39. The molecule has 1 rings (SSSR count). The Balaban J connectivity index is 2.53. The molecule has 0 aliphatic heterocycles. The molecule has 0 bridgehead atoms. The van der Waals surface area contributed by atoms with Crippen molar-refractivity contribution in [2.75, 3.05) is 14.2 Å². The third kappa shape index (κ3) is 1.99. The molecular weight excluding hydrogens is 152 g/mol. The fourth-order valence-electron chi connectivity index (χ4n) is 2.26. The molecule has 0 aromatic rings. The van der Waals surface area contributed by atoms with Gasteiger partial charge in [-0.25, -0.2) is 0 Å². The number of hydrogen-bond acceptors (Lipinski definition) is 2. The summed E-state index contributed by atoms with van der Waals surface area (Å²) < 4.78 is 10.6. The number of methoxy groups -OCH3 is 2. The molecule has 0 saturated heterocycles. The Morgan fingerprint density at radius 1 is 1.00 bits per heavy atom. The summed E-state index contributed by atoms with van der Waals surface area (Å²) in [6.45, 7) is 2.27. The SMILES string of the molecule is COC(OC)C1(C)CCCCC1. The van der Waals surface area contributed by atoms with Crippen molar-refractivity contribution in [3.63, 3.8) is 0 Å². The van der Waals surface area contributed by atoms with Crippen molar-refractivity contribution in [3.8, 4) is 0 Å². The minimum Gasteiger partial charge on any atom is -0.355 e. The van der Waals surface area contributed by atoms with Gasteiger partial charge in [0.05, 0.1) is 0 Å². The first-order valence-corrected chi connectivity index (χ1v) is 4.78. The summed E-state index contributed by atoms with van der Waals surface area (Å²) >= 11 is 0. The summed E-state index contributed by atoms with van der Waals surface area (Å²) in [6.07, 6.45) is 6.46. The quantitative estimate of drug-likeness (QED) is 0.609. The molecule has 0 heterocycles. The van der Waals surface area contributed by atoms with Gasteiger partial charge in [-0.15, -0.1) is 0 Å². The second-order valence-corrected chi connectivity index (χ2v) is 4.02. The fraction of sp³-hybridized carbons (Fsp3) is 1.00. The van der Waals surface area contributed by atoms with Gasteiger partial charge in [0.15, 0.2) is 6.29 Å². The van der Waals surface area contributed by atoms with E-state index in [9.17, 15) is 0 Å². The molecule has 0 radical (unpaired) electrons. The summed E-state index contributed by atoms with van der Waals surface area (Å²) in [5.41, 5.74) is 0.252. The third-order valence-corrected chi connectivity index (χ3v) is 2.99. The van der Waals surface area contributed by atoms with Crippen LogP contribution in [0.2, 0.25) is 0 Å². The molecule has 0 spiro atoms. The van der Waals surface area contributed by atoms with Crippen LogP contribution in [-0.4, -0.2) is 20.5 Å². The van der Waals surface area contributed by atoms with Gasteiger partial charge in [-0.05, 0) is 12.8 Å². The van der Waals surface area contributed by atoms with Crippen LogP contribution in [0.5, 0.6) is 0 Å². The van der Waals surface area contributed by atoms with Crippen molar-refractivity contribution >= 4 is 0 Å². The molecule has 2 heteroatoms. The second-order valence-electron chi connectivity index (χ2n) is 4.02. The van der Waals surface area contributed by atoms with Crippen LogP contribution in [0.3, 0.4) is 0 Å². The first-order valence-electron chi connectivity index (χ1n) is 4.78. The largest absolute Gasteiger partial charge is 0.355 e. The highest BCUT2D eigenvalue weighted by molar-refractivity contribution is 4.81. The molecular formula is C10H20O2. The Morgan fingerprint density at radius 3 is 1.92 bits per heavy atom. The zero-order valence-electron chi connectivity index (χ0n) is 8.43. The van der Waals surface area contributed by atoms with Crippen LogP contribution in [0, 0.1) is 5.41 Å². The van der Waals surface area contributed by atoms with E-state index in [0.717, 1.165) is 0 Å². The molecule has 0 atom stereocenters. The van der Waals surface area contributed by atoms with Crippen molar-refractivity contribution in [1.29, 1.82) is 0 Å². The van der Waals surface area contributed by atoms with Gasteiger partial charge < -0.3 is 9.47 Å². The highest BCUT2D eigenvalue weighted by Gasteiger charge is 2.35. The van der Waals surface area contributed by atoms with Crippen LogP contribution >= 0.6 is 0 Å². The molecule has 0 aromatic heterocycles. The lowest BCUT2D eigenvalue weighted by Gasteiger charge is -2.38. The lowest BCUT2D eigenvalue weighted by atomic mass is 9.75. The predicted molar refractivity (Wildman–Crippen MR) is 49.0 cm³/mol. The maximum Gasteiger partial charge on any atom is 0.162 e. The topological polar surface area (TPSA) is 18.5 Å². The Hall–Kier alpha value is -0.0800. The van der Waals surface area contributed by atoms with Crippen molar-refractivity contribution < 1.29 is 9.47 Å². The number of ether oxygens (including phenoxy) is 2. The molecule has 1 aliphatic rings. The third-order valence-electron chi connectivity index (χ3n) is 2.99. The molecule has 1 aliphatic carbocycles. The van der Waals surface area contributed by atoms with E-state index in [-0.39, 0.29) is 11.7 Å². The van der Waals surface area contributed by atoms with Gasteiger partial charge in [0.25, 0.3) is 0 Å². The fourth-order valence-corrected chi connectivity index (χ4v) is 2.26. The summed E-state index contributed by atoms with van der Waals surface area (Å²) in [5.74, 6) is 0. The Labute approximate surface area is 75.2 Å². The molecule has 1 fully saturated rings. The van der Waals surface area contributed by atoms with Crippen molar-refractivity contribution in [3.05, 3.63) is 0 Å². The smallest absolute Gasteiger partial charge is 0.162 e. The van der Waals surface area contributed by atoms with Crippen LogP contribution in [0.1, 0.15) is 39.0 Å². The lowest BCUT2D eigenvalue weighted by Crippen LogP contribution is -2.37. The first-order chi connectivity index (χ1) is 5.73. The van der Waals surface area contributed by atoms with Crippen LogP contribution in [0.4, 0.5) is 0 Å². The molecule has 12 heavy (non-hydrogen) atoms. The van der Waals surface area contributed by atoms with E-state index in [2.05, 4.69) is 6.92 Å². The molecule has 72 valence electrons. The summed E-state index contributed by atoms with van der Waals surface area (Å²) in [7, 11) is 3.46. The van der Waals surface area contributed by atoms with Gasteiger partial charge in [-0.3, -0.25) is 0 Å². The summed E-state index contributed by atoms with van der Waals surface area (Å²) in [6, 6.07) is 0. The maximum absolute atomic E-state index is 5.32. The van der Waals surface area contributed by atoms with E-state index in [1.165, 1.54) is 32.1 Å². The van der Waals surface area contributed by atoms with Gasteiger partial charge in [0.2, 0.25) is 0 Å². The second kappa shape index (κ2) is 4.24. The van der Waals surface area contributed by atoms with Crippen molar-refractivity contribution in [2.24, 2.45) is 5.41 Å². The minimum absolute atomic E-state index is 0.0159. The van der Waals surface area contributed by atoms with Crippen molar-refractivity contribution in [2.45, 2.75) is 45.3 Å². The molecule has 1 saturated carbocycles. The highest BCUT2D eigenvalue weighted by atomic mass is 16.7. The maximum atomic E-state index is 5.32. The summed E-state index contributed by atoms with van der Waals surface area (Å²) in [5, 5.41) is 0. The molecule has 0 amide bonds. The van der Waals surface area contributed by atoms with E-state index in [1.54, 1.807) is 14.2 Å². The van der Waals surface area contributed by atoms with Gasteiger partial charge in [-0.1, -0.05) is 26.2 Å². The van der Waals surface area contributed by atoms with Gasteiger partial charge in [-0.2, -0.15) is 0 Å². The lowest BCUT2D eigenvalue weighted by molar-refractivity contribution is -0.182. The average Bonchev–Trinajstić information content (AvgIpc) is 2.07. The zero-order valence-corrected chi connectivity index (χ0v) is 8.43. The molecule has 0 aromatic carbocycles. The van der Waals surface area contributed by atoms with E-state index >= 15 is 0 Å². The Bertz CT molecular complexity index is 124. The van der Waals surface area contributed by atoms with Crippen LogP contribution in [0.15, 0.2) is 0 Å². The van der Waals surface area contributed by atoms with E-state index in [1.807, 2.05) is 0 Å². The van der Waals surface area contributed by atoms with Gasteiger partial charge in [0, 0.05) is 19.6 Å². The van der Waals surface area contributed by atoms with Gasteiger partial charge in [0.1, 0.15) is 0 Å². The zero-order chi connectivity index (χ0) is 9.03. The number of rotatable bonds is 3. The van der Waals surface area contributed by atoms with Gasteiger partial charge >= 0.3 is 0 Å². The average molecular weight is 172 g/mol. The predicted octanol–water partition coefficient (Wildman–Crippen LogP) is 2.58. The van der Waals surface area contributed by atoms with E-state index < -0.39 is 0 Å². The van der Waals surface area contributed by atoms with E-state index in [4.69, 9.17) is 9.47 Å². The normalized spacial score (nSPS) is 23.0. The molecule has 2 nitrogen and oxygen atoms in total. The molecule has 0 N–H and O–H groups in total. The van der Waals surface area contributed by atoms with Crippen LogP contribution < -0.4 is 0 Å².